The number of benzene rings is 2. The number of thiazole rings is 1. The van der Waals surface area contributed by atoms with Gasteiger partial charge in [0, 0.05) is 28.1 Å². The molecular weight excluding hydrogens is 458 g/mol. The van der Waals surface area contributed by atoms with Crippen LogP contribution >= 0.6 is 38.9 Å². The number of halogens is 2. The zero-order valence-corrected chi connectivity index (χ0v) is 19.4. The van der Waals surface area contributed by atoms with Gasteiger partial charge in [-0.1, -0.05) is 58.8 Å². The summed E-state index contributed by atoms with van der Waals surface area (Å²) in [6.45, 7) is 9.53. The summed E-state index contributed by atoms with van der Waals surface area (Å²) in [4.78, 5) is 22.2. The molecule has 0 fully saturated rings. The number of hydrogen-bond donors (Lipinski definition) is 0. The molecule has 2 aromatic carbocycles. The van der Waals surface area contributed by atoms with Gasteiger partial charge in [0.2, 0.25) is 0 Å². The minimum Gasteiger partial charge on any atom is -0.302 e. The molecule has 28 heavy (non-hydrogen) atoms. The lowest BCUT2D eigenvalue weighted by Crippen LogP contribution is -2.38. The molecule has 1 aromatic heterocycles. The van der Waals surface area contributed by atoms with E-state index in [4.69, 9.17) is 16.6 Å². The average molecular weight is 481 g/mol. The normalized spacial score (nSPS) is 11.4. The van der Waals surface area contributed by atoms with Crippen molar-refractivity contribution in [2.45, 2.75) is 20.8 Å². The Morgan fingerprint density at radius 2 is 1.93 bits per heavy atom. The van der Waals surface area contributed by atoms with Crippen molar-refractivity contribution in [1.29, 1.82) is 0 Å². The predicted octanol–water partition coefficient (Wildman–Crippen LogP) is 6.01. The van der Waals surface area contributed by atoms with Gasteiger partial charge in [-0.25, -0.2) is 4.98 Å². The molecule has 0 saturated carbocycles. The number of hydrogen-bond acceptors (Lipinski definition) is 4. The number of rotatable bonds is 7. The van der Waals surface area contributed by atoms with Crippen LogP contribution in [0.4, 0.5) is 5.13 Å². The van der Waals surface area contributed by atoms with Gasteiger partial charge >= 0.3 is 0 Å². The van der Waals surface area contributed by atoms with Crippen LogP contribution in [-0.4, -0.2) is 42.0 Å². The zero-order valence-electron chi connectivity index (χ0n) is 16.2. The Labute approximate surface area is 183 Å². The minimum atomic E-state index is -0.0451. The van der Waals surface area contributed by atoms with Gasteiger partial charge in [0.15, 0.2) is 5.13 Å². The van der Waals surface area contributed by atoms with E-state index < -0.39 is 0 Å². The largest absolute Gasteiger partial charge is 0.302 e. The molecule has 4 nitrogen and oxygen atoms in total. The van der Waals surface area contributed by atoms with Crippen molar-refractivity contribution in [1.82, 2.24) is 9.88 Å². The number of aryl methyl sites for hydroxylation is 1. The van der Waals surface area contributed by atoms with Gasteiger partial charge in [0.05, 0.1) is 10.2 Å². The molecule has 0 atom stereocenters. The summed E-state index contributed by atoms with van der Waals surface area (Å²) in [5.41, 5.74) is 2.56. The first-order valence-electron chi connectivity index (χ1n) is 9.29. The van der Waals surface area contributed by atoms with Crippen LogP contribution in [0, 0.1) is 6.92 Å². The monoisotopic (exact) mass is 479 g/mol. The van der Waals surface area contributed by atoms with Gasteiger partial charge in [-0.3, -0.25) is 9.69 Å². The summed E-state index contributed by atoms with van der Waals surface area (Å²) in [6.07, 6.45) is 0. The van der Waals surface area contributed by atoms with Crippen molar-refractivity contribution in [3.8, 4) is 0 Å². The fourth-order valence-corrected chi connectivity index (χ4v) is 4.94. The highest BCUT2D eigenvalue weighted by Crippen LogP contribution is 2.33. The van der Waals surface area contributed by atoms with Crippen LogP contribution in [0.15, 0.2) is 40.9 Å². The summed E-state index contributed by atoms with van der Waals surface area (Å²) in [7, 11) is 0. The lowest BCUT2D eigenvalue weighted by Gasteiger charge is -2.24. The fraction of sp³-hybridized carbons (Fsp3) is 0.333. The van der Waals surface area contributed by atoms with Crippen LogP contribution < -0.4 is 4.90 Å². The number of carbonyl (C=O) groups excluding carboxylic acids is 1. The molecule has 0 saturated heterocycles. The molecule has 0 unspecified atom stereocenters. The third-order valence-electron chi connectivity index (χ3n) is 4.72. The molecule has 3 aromatic rings. The topological polar surface area (TPSA) is 36.4 Å². The van der Waals surface area contributed by atoms with Crippen molar-refractivity contribution in [3.05, 3.63) is 57.0 Å². The maximum absolute atomic E-state index is 13.3. The van der Waals surface area contributed by atoms with E-state index in [0.29, 0.717) is 22.3 Å². The van der Waals surface area contributed by atoms with E-state index >= 15 is 0 Å². The Balaban J connectivity index is 2.00. The number of nitrogens with zero attached hydrogens (tertiary/aromatic N) is 3. The van der Waals surface area contributed by atoms with Gasteiger partial charge in [-0.2, -0.15) is 0 Å². The van der Waals surface area contributed by atoms with Crippen molar-refractivity contribution >= 4 is 60.1 Å². The maximum atomic E-state index is 13.3. The summed E-state index contributed by atoms with van der Waals surface area (Å²) in [5.74, 6) is -0.0451. The quantitative estimate of drug-likeness (QED) is 0.415. The molecule has 1 heterocycles. The second kappa shape index (κ2) is 9.35. The molecule has 0 aliphatic rings. The molecule has 0 aliphatic heterocycles. The van der Waals surface area contributed by atoms with E-state index in [2.05, 4.69) is 34.7 Å². The highest BCUT2D eigenvalue weighted by atomic mass is 79.9. The van der Waals surface area contributed by atoms with Crippen LogP contribution in [0.25, 0.3) is 10.2 Å². The second-order valence-electron chi connectivity index (χ2n) is 6.56. The summed E-state index contributed by atoms with van der Waals surface area (Å²) in [6, 6.07) is 11.3. The third-order valence-corrected chi connectivity index (χ3v) is 6.46. The number of fused-ring (bicyclic) bond motifs is 1. The molecule has 148 valence electrons. The average Bonchev–Trinajstić information content (AvgIpc) is 3.09. The van der Waals surface area contributed by atoms with E-state index in [1.54, 1.807) is 4.90 Å². The smallest absolute Gasteiger partial charge is 0.260 e. The van der Waals surface area contributed by atoms with Gasteiger partial charge in [0.1, 0.15) is 0 Å². The molecule has 0 radical (unpaired) electrons. The first-order chi connectivity index (χ1) is 13.4. The number of amides is 1. The highest BCUT2D eigenvalue weighted by molar-refractivity contribution is 9.10. The molecule has 1 amide bonds. The van der Waals surface area contributed by atoms with E-state index in [-0.39, 0.29) is 5.91 Å². The van der Waals surface area contributed by atoms with E-state index in [0.717, 1.165) is 39.9 Å². The lowest BCUT2D eigenvalue weighted by molar-refractivity contribution is 0.0983. The number of carbonyl (C=O) groups is 1. The summed E-state index contributed by atoms with van der Waals surface area (Å²) in [5, 5.41) is 1.39. The number of likely N-dealkylation sites (N-methyl/N-ethyl adjacent to an activating group) is 1. The van der Waals surface area contributed by atoms with Crippen LogP contribution in [-0.2, 0) is 0 Å². The van der Waals surface area contributed by atoms with Crippen molar-refractivity contribution in [2.75, 3.05) is 31.1 Å². The lowest BCUT2D eigenvalue weighted by atomic mass is 10.2. The van der Waals surface area contributed by atoms with Gasteiger partial charge in [-0.05, 0) is 55.9 Å². The molecule has 0 spiro atoms. The van der Waals surface area contributed by atoms with E-state index in [1.807, 2.05) is 43.3 Å². The van der Waals surface area contributed by atoms with E-state index in [1.165, 1.54) is 11.3 Å². The number of aromatic nitrogens is 1. The van der Waals surface area contributed by atoms with Crippen molar-refractivity contribution in [3.63, 3.8) is 0 Å². The standard InChI is InChI=1S/C21H23BrClN3OS/c1-4-25(5-2)9-10-26(20(27)15-7-6-8-16(22)12-15)21-24-19-14(3)11-17(23)13-18(19)28-21/h6-8,11-13H,4-5,9-10H2,1-3H3. The highest BCUT2D eigenvalue weighted by Gasteiger charge is 2.22. The van der Waals surface area contributed by atoms with Crippen molar-refractivity contribution in [2.24, 2.45) is 0 Å². The Hall–Kier alpha value is -1.47. The molecular formula is C21H23BrClN3OS. The van der Waals surface area contributed by atoms with Gasteiger partial charge < -0.3 is 4.90 Å². The third kappa shape index (κ3) is 4.74. The first kappa shape index (κ1) is 21.2. The Morgan fingerprint density at radius 3 is 2.61 bits per heavy atom. The summed E-state index contributed by atoms with van der Waals surface area (Å²) >= 11 is 11.2. The van der Waals surface area contributed by atoms with Crippen molar-refractivity contribution < 1.29 is 4.79 Å². The maximum Gasteiger partial charge on any atom is 0.260 e. The van der Waals surface area contributed by atoms with E-state index in [9.17, 15) is 4.79 Å². The molecule has 0 N–H and O–H groups in total. The van der Waals surface area contributed by atoms with Crippen LogP contribution in [0.5, 0.6) is 0 Å². The van der Waals surface area contributed by atoms with Gasteiger partial charge in [0.25, 0.3) is 5.91 Å². The molecule has 0 bridgehead atoms. The Bertz CT molecular complexity index is 987. The minimum absolute atomic E-state index is 0.0451. The summed E-state index contributed by atoms with van der Waals surface area (Å²) < 4.78 is 1.88. The number of anilines is 1. The molecule has 0 aliphatic carbocycles. The van der Waals surface area contributed by atoms with Gasteiger partial charge in [-0.15, -0.1) is 0 Å². The zero-order chi connectivity index (χ0) is 20.3. The second-order valence-corrected chi connectivity index (χ2v) is 8.92. The van der Waals surface area contributed by atoms with Crippen LogP contribution in [0.1, 0.15) is 29.8 Å². The molecule has 3 rings (SSSR count). The SMILES string of the molecule is CCN(CC)CCN(C(=O)c1cccc(Br)c1)c1nc2c(C)cc(Cl)cc2s1. The fourth-order valence-electron chi connectivity index (χ4n) is 3.10. The molecule has 7 heteroatoms. The first-order valence-corrected chi connectivity index (χ1v) is 11.3. The predicted molar refractivity (Wildman–Crippen MR) is 123 cm³/mol. The van der Waals surface area contributed by atoms with Crippen LogP contribution in [0.3, 0.4) is 0 Å². The Kier molecular flexibility index (Phi) is 7.10. The Morgan fingerprint density at radius 1 is 1.18 bits per heavy atom. The van der Waals surface area contributed by atoms with Crippen LogP contribution in [0.2, 0.25) is 5.02 Å².